The molecule has 1 amide bonds. The van der Waals surface area contributed by atoms with Crippen LogP contribution in [-0.4, -0.2) is 49.1 Å². The highest BCUT2D eigenvalue weighted by Gasteiger charge is 2.34. The summed E-state index contributed by atoms with van der Waals surface area (Å²) in [6.07, 6.45) is 2.66. The van der Waals surface area contributed by atoms with Crippen molar-refractivity contribution in [3.63, 3.8) is 0 Å². The molecule has 0 heterocycles. The van der Waals surface area contributed by atoms with Crippen LogP contribution in [0.5, 0.6) is 0 Å². The first-order valence-corrected chi connectivity index (χ1v) is 8.26. The number of rotatable bonds is 6. The molecule has 2 N–H and O–H groups in total. The molecule has 1 aliphatic carbocycles. The molecular formula is C13H16N2O5S. The topological polar surface area (TPSA) is 104 Å². The van der Waals surface area contributed by atoms with Gasteiger partial charge in [-0.3, -0.25) is 14.3 Å². The van der Waals surface area contributed by atoms with Gasteiger partial charge in [0.15, 0.2) is 0 Å². The van der Waals surface area contributed by atoms with E-state index in [1.54, 1.807) is 0 Å². The number of carbonyl (C=O) groups excluding carboxylic acids is 1. The van der Waals surface area contributed by atoms with E-state index in [1.807, 2.05) is 0 Å². The van der Waals surface area contributed by atoms with E-state index in [0.29, 0.717) is 11.3 Å². The van der Waals surface area contributed by atoms with Crippen molar-refractivity contribution < 1.29 is 23.1 Å². The van der Waals surface area contributed by atoms with Gasteiger partial charge in [-0.05, 0) is 37.1 Å². The number of hydrogen-bond donors (Lipinski definition) is 2. The fourth-order valence-corrected chi connectivity index (χ4v) is 2.52. The van der Waals surface area contributed by atoms with Crippen LogP contribution in [0.2, 0.25) is 0 Å². The van der Waals surface area contributed by atoms with Crippen molar-refractivity contribution in [1.82, 2.24) is 4.90 Å². The van der Waals surface area contributed by atoms with Crippen molar-refractivity contribution >= 4 is 27.6 Å². The lowest BCUT2D eigenvalue weighted by Crippen LogP contribution is -2.37. The van der Waals surface area contributed by atoms with Crippen molar-refractivity contribution in [2.75, 3.05) is 17.5 Å². The maximum Gasteiger partial charge on any atom is 0.323 e. The summed E-state index contributed by atoms with van der Waals surface area (Å²) in [7, 11) is -3.37. The zero-order valence-electron chi connectivity index (χ0n) is 11.4. The second kappa shape index (κ2) is 5.72. The van der Waals surface area contributed by atoms with Crippen LogP contribution in [0.15, 0.2) is 24.3 Å². The second-order valence-corrected chi connectivity index (χ2v) is 6.76. The average Bonchev–Trinajstić information content (AvgIpc) is 3.18. The average molecular weight is 312 g/mol. The Hall–Kier alpha value is -2.09. The minimum absolute atomic E-state index is 0.0116. The fraction of sp³-hybridized carbons (Fsp3) is 0.385. The van der Waals surface area contributed by atoms with Gasteiger partial charge < -0.3 is 10.0 Å². The van der Waals surface area contributed by atoms with Crippen molar-refractivity contribution in [2.24, 2.45) is 0 Å². The molecule has 1 saturated carbocycles. The maximum absolute atomic E-state index is 12.3. The number of carbonyl (C=O) groups is 2. The number of sulfonamides is 1. The molecule has 0 unspecified atom stereocenters. The molecule has 0 bridgehead atoms. The Morgan fingerprint density at radius 3 is 2.29 bits per heavy atom. The van der Waals surface area contributed by atoms with Gasteiger partial charge in [0.1, 0.15) is 6.54 Å². The lowest BCUT2D eigenvalue weighted by molar-refractivity contribution is -0.137. The van der Waals surface area contributed by atoms with Crippen molar-refractivity contribution in [3.8, 4) is 0 Å². The van der Waals surface area contributed by atoms with E-state index >= 15 is 0 Å². The number of carboxylic acids is 1. The quantitative estimate of drug-likeness (QED) is 0.806. The summed E-state index contributed by atoms with van der Waals surface area (Å²) in [5, 5.41) is 8.86. The van der Waals surface area contributed by atoms with E-state index in [0.717, 1.165) is 19.1 Å². The highest BCUT2D eigenvalue weighted by molar-refractivity contribution is 7.92. The summed E-state index contributed by atoms with van der Waals surface area (Å²) in [4.78, 5) is 24.4. The van der Waals surface area contributed by atoms with Crippen LogP contribution in [0.25, 0.3) is 0 Å². The molecular weight excluding hydrogens is 296 g/mol. The standard InChI is InChI=1S/C13H16N2O5S/c1-21(19,20)14-10-4-2-9(3-5-10)13(18)15(8-12(16)17)11-6-7-11/h2-5,11,14H,6-8H2,1H3,(H,16,17). The first-order valence-electron chi connectivity index (χ1n) is 6.37. The number of nitrogens with zero attached hydrogens (tertiary/aromatic N) is 1. The third-order valence-corrected chi connectivity index (χ3v) is 3.60. The number of nitrogens with one attached hydrogen (secondary N) is 1. The van der Waals surface area contributed by atoms with E-state index in [4.69, 9.17) is 5.11 Å². The Balaban J connectivity index is 2.13. The van der Waals surface area contributed by atoms with Crippen LogP contribution in [0, 0.1) is 0 Å². The number of anilines is 1. The molecule has 7 nitrogen and oxygen atoms in total. The molecule has 0 spiro atoms. The molecule has 114 valence electrons. The Morgan fingerprint density at radius 1 is 1.29 bits per heavy atom. The Morgan fingerprint density at radius 2 is 1.86 bits per heavy atom. The van der Waals surface area contributed by atoms with E-state index in [-0.39, 0.29) is 18.5 Å². The summed E-state index contributed by atoms with van der Waals surface area (Å²) in [5.74, 6) is -1.41. The highest BCUT2D eigenvalue weighted by Crippen LogP contribution is 2.28. The lowest BCUT2D eigenvalue weighted by atomic mass is 10.2. The van der Waals surface area contributed by atoms with Gasteiger partial charge in [0.2, 0.25) is 10.0 Å². The van der Waals surface area contributed by atoms with E-state index in [1.165, 1.54) is 29.2 Å². The van der Waals surface area contributed by atoms with E-state index in [9.17, 15) is 18.0 Å². The number of benzene rings is 1. The molecule has 2 rings (SSSR count). The largest absolute Gasteiger partial charge is 0.480 e. The van der Waals surface area contributed by atoms with Crippen LogP contribution in [0.1, 0.15) is 23.2 Å². The minimum atomic E-state index is -3.37. The predicted molar refractivity (Wildman–Crippen MR) is 76.6 cm³/mol. The highest BCUT2D eigenvalue weighted by atomic mass is 32.2. The minimum Gasteiger partial charge on any atom is -0.480 e. The van der Waals surface area contributed by atoms with Crippen molar-refractivity contribution in [1.29, 1.82) is 0 Å². The van der Waals surface area contributed by atoms with Crippen LogP contribution >= 0.6 is 0 Å². The number of amides is 1. The van der Waals surface area contributed by atoms with Crippen molar-refractivity contribution in [3.05, 3.63) is 29.8 Å². The number of aliphatic carboxylic acids is 1. The third-order valence-electron chi connectivity index (χ3n) is 2.99. The first kappa shape index (κ1) is 15.3. The zero-order chi connectivity index (χ0) is 15.6. The fourth-order valence-electron chi connectivity index (χ4n) is 1.96. The molecule has 0 saturated heterocycles. The molecule has 21 heavy (non-hydrogen) atoms. The lowest BCUT2D eigenvalue weighted by Gasteiger charge is -2.20. The molecule has 0 aromatic heterocycles. The van der Waals surface area contributed by atoms with Crippen molar-refractivity contribution in [2.45, 2.75) is 18.9 Å². The molecule has 1 aromatic carbocycles. The summed E-state index contributed by atoms with van der Waals surface area (Å²) in [6, 6.07) is 5.89. The summed E-state index contributed by atoms with van der Waals surface area (Å²) in [5.41, 5.74) is 0.687. The van der Waals surface area contributed by atoms with E-state index < -0.39 is 16.0 Å². The predicted octanol–water partition coefficient (Wildman–Crippen LogP) is 0.747. The molecule has 1 aromatic rings. The normalized spacial score (nSPS) is 14.5. The summed E-state index contributed by atoms with van der Waals surface area (Å²) >= 11 is 0. The van der Waals surface area contributed by atoms with Crippen LogP contribution in [0.3, 0.4) is 0 Å². The van der Waals surface area contributed by atoms with Gasteiger partial charge in [-0.2, -0.15) is 0 Å². The SMILES string of the molecule is CS(=O)(=O)Nc1ccc(C(=O)N(CC(=O)O)C2CC2)cc1. The van der Waals surface area contributed by atoms with Gasteiger partial charge in [0.05, 0.1) is 6.26 Å². The van der Waals surface area contributed by atoms with Crippen LogP contribution in [-0.2, 0) is 14.8 Å². The van der Waals surface area contributed by atoms with E-state index in [2.05, 4.69) is 4.72 Å². The van der Waals surface area contributed by atoms with Crippen LogP contribution < -0.4 is 4.72 Å². The molecule has 1 aliphatic rings. The molecule has 0 aliphatic heterocycles. The van der Waals surface area contributed by atoms with Gasteiger partial charge >= 0.3 is 5.97 Å². The maximum atomic E-state index is 12.3. The smallest absolute Gasteiger partial charge is 0.323 e. The molecule has 0 radical (unpaired) electrons. The number of carboxylic acid groups (broad SMARTS) is 1. The van der Waals surface area contributed by atoms with Gasteiger partial charge in [-0.15, -0.1) is 0 Å². The van der Waals surface area contributed by atoms with Crippen LogP contribution in [0.4, 0.5) is 5.69 Å². The Labute approximate surface area is 122 Å². The third kappa shape index (κ3) is 4.45. The van der Waals surface area contributed by atoms with Gasteiger partial charge in [0.25, 0.3) is 5.91 Å². The molecule has 0 atom stereocenters. The van der Waals surface area contributed by atoms with Gasteiger partial charge in [-0.25, -0.2) is 8.42 Å². The Bertz CT molecular complexity index is 650. The number of hydrogen-bond acceptors (Lipinski definition) is 4. The van der Waals surface area contributed by atoms with Gasteiger partial charge in [-0.1, -0.05) is 0 Å². The summed E-state index contributed by atoms with van der Waals surface area (Å²) in [6.45, 7) is -0.327. The first-order chi connectivity index (χ1) is 9.76. The zero-order valence-corrected chi connectivity index (χ0v) is 12.3. The summed E-state index contributed by atoms with van der Waals surface area (Å²) < 4.78 is 24.5. The Kier molecular flexibility index (Phi) is 4.17. The molecule has 8 heteroatoms. The monoisotopic (exact) mass is 312 g/mol. The second-order valence-electron chi connectivity index (χ2n) is 5.01. The molecule has 1 fully saturated rings. The van der Waals surface area contributed by atoms with Gasteiger partial charge in [0, 0.05) is 17.3 Å².